The average Bonchev–Trinajstić information content (AvgIpc) is 2.93. The average molecular weight is 308 g/mol. The third kappa shape index (κ3) is 2.65. The maximum atomic E-state index is 3.66. The molecule has 1 aromatic rings. The van der Waals surface area contributed by atoms with Crippen LogP contribution in [0.25, 0.3) is 0 Å². The quantitative estimate of drug-likeness (QED) is 0.817. The minimum Gasteiger partial charge on any atom is -0.310 e. The van der Waals surface area contributed by atoms with E-state index >= 15 is 0 Å². The van der Waals surface area contributed by atoms with Crippen LogP contribution in [0.1, 0.15) is 68.0 Å². The lowest BCUT2D eigenvalue weighted by molar-refractivity contribution is 0.438. The van der Waals surface area contributed by atoms with E-state index < -0.39 is 0 Å². The summed E-state index contributed by atoms with van der Waals surface area (Å²) < 4.78 is 1.23. The molecule has 0 amide bonds. The van der Waals surface area contributed by atoms with Crippen LogP contribution >= 0.6 is 15.9 Å². The van der Waals surface area contributed by atoms with Crippen molar-refractivity contribution in [2.45, 2.75) is 56.9 Å². The predicted molar refractivity (Wildman–Crippen MR) is 79.9 cm³/mol. The van der Waals surface area contributed by atoms with Gasteiger partial charge in [-0.3, -0.25) is 0 Å². The van der Waals surface area contributed by atoms with Crippen LogP contribution in [0.2, 0.25) is 0 Å². The van der Waals surface area contributed by atoms with Crippen molar-refractivity contribution in [3.8, 4) is 0 Å². The largest absolute Gasteiger partial charge is 0.310 e. The fourth-order valence-electron chi connectivity index (χ4n) is 3.58. The minimum absolute atomic E-state index is 0.597. The summed E-state index contributed by atoms with van der Waals surface area (Å²) >= 11 is 3.64. The first-order valence-corrected chi connectivity index (χ1v) is 8.16. The lowest BCUT2D eigenvalue weighted by atomic mass is 9.80. The van der Waals surface area contributed by atoms with Crippen LogP contribution in [0, 0.1) is 0 Å². The molecule has 1 saturated carbocycles. The van der Waals surface area contributed by atoms with Crippen molar-refractivity contribution in [3.05, 3.63) is 33.8 Å². The van der Waals surface area contributed by atoms with Crippen LogP contribution in [-0.4, -0.2) is 6.54 Å². The molecule has 1 aliphatic carbocycles. The van der Waals surface area contributed by atoms with E-state index in [4.69, 9.17) is 0 Å². The van der Waals surface area contributed by atoms with Gasteiger partial charge in [0.1, 0.15) is 0 Å². The van der Waals surface area contributed by atoms with E-state index in [1.807, 2.05) is 0 Å². The van der Waals surface area contributed by atoms with Crippen molar-refractivity contribution < 1.29 is 0 Å². The van der Waals surface area contributed by atoms with Crippen LogP contribution in [0.4, 0.5) is 0 Å². The zero-order chi connectivity index (χ0) is 12.4. The highest BCUT2D eigenvalue weighted by atomic mass is 79.9. The van der Waals surface area contributed by atoms with Gasteiger partial charge in [0.25, 0.3) is 0 Å². The second-order valence-corrected chi connectivity index (χ2v) is 6.67. The van der Waals surface area contributed by atoms with Crippen LogP contribution in [0.15, 0.2) is 22.7 Å². The fourth-order valence-corrected chi connectivity index (χ4v) is 3.96. The summed E-state index contributed by atoms with van der Waals surface area (Å²) in [5, 5.41) is 3.66. The molecule has 1 heterocycles. The Bertz CT molecular complexity index is 404. The van der Waals surface area contributed by atoms with Crippen molar-refractivity contribution in [2.24, 2.45) is 0 Å². The molecular weight excluding hydrogens is 286 g/mol. The van der Waals surface area contributed by atoms with Gasteiger partial charge in [-0.1, -0.05) is 41.3 Å². The summed E-state index contributed by atoms with van der Waals surface area (Å²) in [5.41, 5.74) is 3.19. The van der Waals surface area contributed by atoms with Crippen LogP contribution < -0.4 is 5.32 Å². The van der Waals surface area contributed by atoms with Crippen LogP contribution in [0.3, 0.4) is 0 Å². The van der Waals surface area contributed by atoms with Crippen LogP contribution in [-0.2, 0) is 0 Å². The number of hydrogen-bond donors (Lipinski definition) is 1. The van der Waals surface area contributed by atoms with Gasteiger partial charge in [0.15, 0.2) is 0 Å². The third-order valence-corrected chi connectivity index (χ3v) is 5.02. The molecule has 2 aliphatic rings. The first kappa shape index (κ1) is 12.7. The molecule has 0 radical (unpaired) electrons. The van der Waals surface area contributed by atoms with E-state index in [2.05, 4.69) is 39.4 Å². The maximum absolute atomic E-state index is 3.66. The molecule has 1 aliphatic heterocycles. The van der Waals surface area contributed by atoms with Gasteiger partial charge in [-0.25, -0.2) is 0 Å². The third-order valence-electron chi connectivity index (χ3n) is 4.53. The molecule has 1 N–H and O–H groups in total. The van der Waals surface area contributed by atoms with Crippen molar-refractivity contribution in [1.29, 1.82) is 0 Å². The molecule has 0 bridgehead atoms. The summed E-state index contributed by atoms with van der Waals surface area (Å²) in [4.78, 5) is 0. The van der Waals surface area contributed by atoms with E-state index in [1.54, 1.807) is 11.1 Å². The molecule has 18 heavy (non-hydrogen) atoms. The molecule has 1 atom stereocenters. The lowest BCUT2D eigenvalue weighted by Crippen LogP contribution is -2.17. The van der Waals surface area contributed by atoms with Crippen molar-refractivity contribution in [2.75, 3.05) is 6.54 Å². The number of rotatable bonds is 2. The number of benzene rings is 1. The van der Waals surface area contributed by atoms with Crippen molar-refractivity contribution >= 4 is 15.9 Å². The van der Waals surface area contributed by atoms with E-state index in [-0.39, 0.29) is 0 Å². The lowest BCUT2D eigenvalue weighted by Gasteiger charge is -2.26. The van der Waals surface area contributed by atoms with Crippen molar-refractivity contribution in [1.82, 2.24) is 5.32 Å². The fraction of sp³-hybridized carbons (Fsp3) is 0.625. The molecule has 1 nitrogen and oxygen atoms in total. The molecule has 3 rings (SSSR count). The van der Waals surface area contributed by atoms with E-state index in [1.165, 1.54) is 56.0 Å². The first-order valence-electron chi connectivity index (χ1n) is 7.37. The standard InChI is InChI=1S/C16H22BrN/c17-13-8-9-14(12-5-2-1-3-6-12)15(11-13)16-7-4-10-18-16/h8-9,11-12,16,18H,1-7,10H2/t16-/m0/s1. The number of nitrogens with one attached hydrogen (secondary N) is 1. The topological polar surface area (TPSA) is 12.0 Å². The second-order valence-electron chi connectivity index (χ2n) is 5.76. The van der Waals surface area contributed by atoms with Gasteiger partial charge in [-0.15, -0.1) is 0 Å². The van der Waals surface area contributed by atoms with Crippen molar-refractivity contribution in [3.63, 3.8) is 0 Å². The smallest absolute Gasteiger partial charge is 0.0323 e. The Morgan fingerprint density at radius 1 is 0.944 bits per heavy atom. The zero-order valence-electron chi connectivity index (χ0n) is 10.9. The van der Waals surface area contributed by atoms with Gasteiger partial charge in [-0.2, -0.15) is 0 Å². The molecule has 1 aromatic carbocycles. The second kappa shape index (κ2) is 5.75. The van der Waals surface area contributed by atoms with Gasteiger partial charge in [0.05, 0.1) is 0 Å². The highest BCUT2D eigenvalue weighted by molar-refractivity contribution is 9.10. The molecule has 0 aromatic heterocycles. The summed E-state index contributed by atoms with van der Waals surface area (Å²) in [6.07, 6.45) is 9.67. The van der Waals surface area contributed by atoms with E-state index in [9.17, 15) is 0 Å². The van der Waals surface area contributed by atoms with Gasteiger partial charge in [-0.05, 0) is 61.4 Å². The molecule has 1 saturated heterocycles. The van der Waals surface area contributed by atoms with Gasteiger partial charge < -0.3 is 5.32 Å². The zero-order valence-corrected chi connectivity index (χ0v) is 12.5. The van der Waals surface area contributed by atoms with Gasteiger partial charge in [0.2, 0.25) is 0 Å². The molecule has 0 unspecified atom stereocenters. The predicted octanol–water partition coefficient (Wildman–Crippen LogP) is 4.92. The number of hydrogen-bond acceptors (Lipinski definition) is 1. The minimum atomic E-state index is 0.597. The molecule has 2 fully saturated rings. The Morgan fingerprint density at radius 3 is 2.50 bits per heavy atom. The highest BCUT2D eigenvalue weighted by Gasteiger charge is 2.24. The summed E-state index contributed by atoms with van der Waals surface area (Å²) in [5.74, 6) is 0.809. The Labute approximate surface area is 118 Å². The van der Waals surface area contributed by atoms with E-state index in [0.29, 0.717) is 6.04 Å². The number of halogens is 1. The molecule has 2 heteroatoms. The highest BCUT2D eigenvalue weighted by Crippen LogP contribution is 2.38. The van der Waals surface area contributed by atoms with E-state index in [0.717, 1.165) is 5.92 Å². The van der Waals surface area contributed by atoms with Gasteiger partial charge >= 0.3 is 0 Å². The molecular formula is C16H22BrN. The summed E-state index contributed by atoms with van der Waals surface area (Å²) in [7, 11) is 0. The molecule has 98 valence electrons. The summed E-state index contributed by atoms with van der Waals surface area (Å²) in [6, 6.07) is 7.55. The maximum Gasteiger partial charge on any atom is 0.0323 e. The van der Waals surface area contributed by atoms with Gasteiger partial charge in [0, 0.05) is 10.5 Å². The summed E-state index contributed by atoms with van der Waals surface area (Å²) in [6.45, 7) is 1.18. The monoisotopic (exact) mass is 307 g/mol. The SMILES string of the molecule is Brc1ccc(C2CCCCC2)c([C@@H]2CCCN2)c1. The Kier molecular flexibility index (Phi) is 4.05. The first-order chi connectivity index (χ1) is 8.84. The Balaban J connectivity index is 1.91. The Hall–Kier alpha value is -0.340. The Morgan fingerprint density at radius 2 is 1.78 bits per heavy atom. The molecule has 0 spiro atoms. The normalized spacial score (nSPS) is 25.5. The van der Waals surface area contributed by atoms with Crippen LogP contribution in [0.5, 0.6) is 0 Å².